The first-order valence-corrected chi connectivity index (χ1v) is 7.77. The molecule has 1 aromatic rings. The van der Waals surface area contributed by atoms with Gasteiger partial charge in [0.1, 0.15) is 0 Å². The minimum absolute atomic E-state index is 0.0215. The number of hydrogen-bond donors (Lipinski definition) is 3. The summed E-state index contributed by atoms with van der Waals surface area (Å²) in [4.78, 5) is 11.5. The third-order valence-corrected chi connectivity index (χ3v) is 3.92. The first-order valence-electron chi connectivity index (χ1n) is 6.29. The van der Waals surface area contributed by atoms with Crippen molar-refractivity contribution in [1.29, 1.82) is 0 Å². The summed E-state index contributed by atoms with van der Waals surface area (Å²) < 4.78 is 26.3. The lowest BCUT2D eigenvalue weighted by molar-refractivity contribution is -0.120. The molecule has 3 N–H and O–H groups in total. The quantitative estimate of drug-likeness (QED) is 0.714. The predicted octanol–water partition coefficient (Wildman–Crippen LogP) is 0.543. The van der Waals surface area contributed by atoms with Gasteiger partial charge in [0.25, 0.3) is 0 Å². The number of hydrogen-bond acceptors (Lipinski definition) is 4. The maximum Gasteiger partial charge on any atom is 0.241 e. The number of rotatable bonds is 6. The van der Waals surface area contributed by atoms with Gasteiger partial charge in [-0.25, -0.2) is 13.1 Å². The van der Waals surface area contributed by atoms with Gasteiger partial charge in [0.2, 0.25) is 15.9 Å². The van der Waals surface area contributed by atoms with Gasteiger partial charge in [0.05, 0.1) is 17.5 Å². The van der Waals surface area contributed by atoms with Gasteiger partial charge in [-0.3, -0.25) is 4.79 Å². The van der Waals surface area contributed by atoms with Crippen LogP contribution >= 0.6 is 0 Å². The molecule has 0 saturated carbocycles. The Morgan fingerprint density at radius 1 is 1.30 bits per heavy atom. The fourth-order valence-corrected chi connectivity index (χ4v) is 2.60. The van der Waals surface area contributed by atoms with Crippen LogP contribution in [0.5, 0.6) is 0 Å². The molecule has 0 radical (unpaired) electrons. The molecule has 1 atom stereocenters. The van der Waals surface area contributed by atoms with Crippen molar-refractivity contribution in [2.45, 2.75) is 37.8 Å². The normalized spacial score (nSPS) is 13.2. The van der Waals surface area contributed by atoms with Gasteiger partial charge in [-0.05, 0) is 38.5 Å². The number of carbonyl (C=O) groups excluding carboxylic acids is 1. The summed E-state index contributed by atoms with van der Waals surface area (Å²) in [5.41, 5.74) is 0.500. The van der Waals surface area contributed by atoms with Gasteiger partial charge in [-0.15, -0.1) is 0 Å². The third kappa shape index (κ3) is 4.92. The van der Waals surface area contributed by atoms with Crippen LogP contribution in [0.1, 0.15) is 32.4 Å². The number of sulfonamides is 1. The van der Waals surface area contributed by atoms with Crippen LogP contribution in [0.3, 0.4) is 0 Å². The minimum Gasteiger partial charge on any atom is -0.389 e. The van der Waals surface area contributed by atoms with Crippen LogP contribution in [-0.4, -0.2) is 32.0 Å². The van der Waals surface area contributed by atoms with E-state index in [0.29, 0.717) is 5.56 Å². The number of benzene rings is 1. The van der Waals surface area contributed by atoms with E-state index in [4.69, 9.17) is 0 Å². The van der Waals surface area contributed by atoms with E-state index in [2.05, 4.69) is 10.0 Å². The molecule has 0 aliphatic heterocycles. The molecule has 0 fully saturated rings. The molecule has 1 amide bonds. The molecule has 1 unspecified atom stereocenters. The standard InChI is InChI=1S/C13H20N2O4S/c1-9(2)15-13(17)8-14-20(18,19)12-6-4-5-11(7-12)10(3)16/h4-7,9-10,14,16H,8H2,1-3H3,(H,15,17). The molecule has 0 saturated heterocycles. The Labute approximate surface area is 119 Å². The Morgan fingerprint density at radius 2 is 1.95 bits per heavy atom. The summed E-state index contributed by atoms with van der Waals surface area (Å²) in [6.45, 7) is 4.81. The summed E-state index contributed by atoms with van der Waals surface area (Å²) in [6, 6.07) is 5.92. The molecular weight excluding hydrogens is 280 g/mol. The van der Waals surface area contributed by atoms with Gasteiger partial charge in [0, 0.05) is 6.04 Å². The second kappa shape index (κ2) is 6.83. The van der Waals surface area contributed by atoms with E-state index >= 15 is 0 Å². The topological polar surface area (TPSA) is 95.5 Å². The van der Waals surface area contributed by atoms with Gasteiger partial charge < -0.3 is 10.4 Å². The molecular formula is C13H20N2O4S. The zero-order chi connectivity index (χ0) is 15.3. The Balaban J connectivity index is 2.79. The van der Waals surface area contributed by atoms with Crippen LogP contribution in [0.2, 0.25) is 0 Å². The lowest BCUT2D eigenvalue weighted by Crippen LogP contribution is -2.39. The fourth-order valence-electron chi connectivity index (χ4n) is 1.56. The van der Waals surface area contributed by atoms with Crippen molar-refractivity contribution in [1.82, 2.24) is 10.0 Å². The highest BCUT2D eigenvalue weighted by molar-refractivity contribution is 7.89. The van der Waals surface area contributed by atoms with Crippen molar-refractivity contribution < 1.29 is 18.3 Å². The van der Waals surface area contributed by atoms with Crippen molar-refractivity contribution >= 4 is 15.9 Å². The van der Waals surface area contributed by atoms with E-state index in [1.54, 1.807) is 32.9 Å². The van der Waals surface area contributed by atoms with Crippen LogP contribution in [-0.2, 0) is 14.8 Å². The van der Waals surface area contributed by atoms with E-state index in [-0.39, 0.29) is 17.5 Å². The van der Waals surface area contributed by atoms with E-state index in [1.165, 1.54) is 12.1 Å². The molecule has 0 aliphatic rings. The first-order chi connectivity index (χ1) is 9.22. The number of aliphatic hydroxyl groups is 1. The third-order valence-electron chi connectivity index (χ3n) is 2.52. The van der Waals surface area contributed by atoms with E-state index < -0.39 is 22.0 Å². The van der Waals surface area contributed by atoms with E-state index in [1.807, 2.05) is 0 Å². The zero-order valence-electron chi connectivity index (χ0n) is 11.8. The molecule has 0 heterocycles. The van der Waals surface area contributed by atoms with E-state index in [0.717, 1.165) is 0 Å². The molecule has 0 aliphatic carbocycles. The van der Waals surface area contributed by atoms with Crippen molar-refractivity contribution in [3.63, 3.8) is 0 Å². The van der Waals surface area contributed by atoms with Crippen molar-refractivity contribution in [2.24, 2.45) is 0 Å². The van der Waals surface area contributed by atoms with Crippen molar-refractivity contribution in [3.05, 3.63) is 29.8 Å². The molecule has 0 aromatic heterocycles. The van der Waals surface area contributed by atoms with Crippen LogP contribution in [0, 0.1) is 0 Å². The summed E-state index contributed by atoms with van der Waals surface area (Å²) in [5, 5.41) is 12.0. The maximum absolute atomic E-state index is 12.0. The van der Waals surface area contributed by atoms with Crippen LogP contribution in [0.15, 0.2) is 29.2 Å². The minimum atomic E-state index is -3.77. The second-order valence-electron chi connectivity index (χ2n) is 4.80. The highest BCUT2D eigenvalue weighted by Crippen LogP contribution is 2.16. The molecule has 0 spiro atoms. The zero-order valence-corrected chi connectivity index (χ0v) is 12.6. The van der Waals surface area contributed by atoms with Crippen LogP contribution < -0.4 is 10.0 Å². The predicted molar refractivity (Wildman–Crippen MR) is 75.5 cm³/mol. The Morgan fingerprint density at radius 3 is 2.50 bits per heavy atom. The van der Waals surface area contributed by atoms with Gasteiger partial charge >= 0.3 is 0 Å². The average molecular weight is 300 g/mol. The second-order valence-corrected chi connectivity index (χ2v) is 6.56. The molecule has 6 nitrogen and oxygen atoms in total. The number of nitrogens with one attached hydrogen (secondary N) is 2. The maximum atomic E-state index is 12.0. The van der Waals surface area contributed by atoms with E-state index in [9.17, 15) is 18.3 Å². The summed E-state index contributed by atoms with van der Waals surface area (Å²) in [7, 11) is -3.77. The number of aliphatic hydroxyl groups excluding tert-OH is 1. The molecule has 0 bridgehead atoms. The molecule has 1 aromatic carbocycles. The molecule has 7 heteroatoms. The van der Waals surface area contributed by atoms with Crippen LogP contribution in [0.4, 0.5) is 0 Å². The molecule has 20 heavy (non-hydrogen) atoms. The lowest BCUT2D eigenvalue weighted by Gasteiger charge is -2.11. The van der Waals surface area contributed by atoms with Crippen molar-refractivity contribution in [2.75, 3.05) is 6.54 Å². The number of carbonyl (C=O) groups is 1. The fraction of sp³-hybridized carbons (Fsp3) is 0.462. The highest BCUT2D eigenvalue weighted by atomic mass is 32.2. The Bertz CT molecular complexity index is 567. The summed E-state index contributed by atoms with van der Waals surface area (Å²) >= 11 is 0. The Kier molecular flexibility index (Phi) is 5.67. The monoisotopic (exact) mass is 300 g/mol. The molecule has 112 valence electrons. The van der Waals surface area contributed by atoms with Gasteiger partial charge in [-0.2, -0.15) is 0 Å². The highest BCUT2D eigenvalue weighted by Gasteiger charge is 2.16. The largest absolute Gasteiger partial charge is 0.389 e. The average Bonchev–Trinajstić information content (AvgIpc) is 2.36. The van der Waals surface area contributed by atoms with Gasteiger partial charge in [0.15, 0.2) is 0 Å². The SMILES string of the molecule is CC(C)NC(=O)CNS(=O)(=O)c1cccc(C(C)O)c1. The Hall–Kier alpha value is -1.44. The smallest absolute Gasteiger partial charge is 0.241 e. The summed E-state index contributed by atoms with van der Waals surface area (Å²) in [5.74, 6) is -0.393. The first kappa shape index (κ1) is 16.6. The van der Waals surface area contributed by atoms with Gasteiger partial charge in [-0.1, -0.05) is 12.1 Å². The van der Waals surface area contributed by atoms with Crippen molar-refractivity contribution in [3.8, 4) is 0 Å². The lowest BCUT2D eigenvalue weighted by atomic mass is 10.1. The number of amides is 1. The molecule has 1 rings (SSSR count). The summed E-state index contributed by atoms with van der Waals surface area (Å²) in [6.07, 6.45) is -0.755. The van der Waals surface area contributed by atoms with Crippen LogP contribution in [0.25, 0.3) is 0 Å².